The van der Waals surface area contributed by atoms with E-state index in [1.807, 2.05) is 0 Å². The molecule has 0 saturated heterocycles. The van der Waals surface area contributed by atoms with E-state index >= 15 is 0 Å². The van der Waals surface area contributed by atoms with E-state index in [9.17, 15) is 4.39 Å². The summed E-state index contributed by atoms with van der Waals surface area (Å²) in [6.07, 6.45) is 2.59. The molecule has 0 aromatic heterocycles. The Morgan fingerprint density at radius 3 is 2.85 bits per heavy atom. The van der Waals surface area contributed by atoms with E-state index in [1.165, 1.54) is 24.3 Å². The average molecular weight is 177 g/mol. The van der Waals surface area contributed by atoms with Crippen LogP contribution in [0.4, 0.5) is 4.39 Å². The van der Waals surface area contributed by atoms with Gasteiger partial charge in [0.15, 0.2) is 0 Å². The number of benzene rings is 1. The average Bonchev–Trinajstić information content (AvgIpc) is 2.16. The van der Waals surface area contributed by atoms with Gasteiger partial charge in [-0.05, 0) is 17.7 Å². The number of aliphatic hydroxyl groups is 1. The zero-order valence-corrected chi connectivity index (χ0v) is 6.87. The highest BCUT2D eigenvalue weighted by atomic mass is 19.1. The highest BCUT2D eigenvalue weighted by Gasteiger charge is 1.99. The van der Waals surface area contributed by atoms with Crippen molar-refractivity contribution in [1.29, 1.82) is 5.26 Å². The van der Waals surface area contributed by atoms with Crippen molar-refractivity contribution in [1.82, 2.24) is 0 Å². The van der Waals surface area contributed by atoms with Crippen molar-refractivity contribution in [3.05, 3.63) is 41.2 Å². The fraction of sp³-hybridized carbons (Fsp3) is 0.100. The van der Waals surface area contributed by atoms with Gasteiger partial charge in [-0.1, -0.05) is 12.1 Å². The first kappa shape index (κ1) is 9.43. The third-order valence-corrected chi connectivity index (χ3v) is 1.58. The SMILES string of the molecule is N#CC=Cc1ccc(CO)cc1F. The van der Waals surface area contributed by atoms with Crippen LogP contribution in [0.25, 0.3) is 6.08 Å². The zero-order valence-electron chi connectivity index (χ0n) is 6.87. The molecule has 0 amide bonds. The molecule has 0 saturated carbocycles. The Bertz CT molecular complexity index is 366. The highest BCUT2D eigenvalue weighted by molar-refractivity contribution is 5.52. The lowest BCUT2D eigenvalue weighted by atomic mass is 10.1. The van der Waals surface area contributed by atoms with E-state index in [1.54, 1.807) is 12.1 Å². The quantitative estimate of drug-likeness (QED) is 0.700. The summed E-state index contributed by atoms with van der Waals surface area (Å²) >= 11 is 0. The number of rotatable bonds is 2. The van der Waals surface area contributed by atoms with Gasteiger partial charge in [-0.3, -0.25) is 0 Å². The van der Waals surface area contributed by atoms with Crippen LogP contribution in [0, 0.1) is 17.1 Å². The summed E-state index contributed by atoms with van der Waals surface area (Å²) in [6, 6.07) is 6.16. The molecule has 0 bridgehead atoms. The van der Waals surface area contributed by atoms with Crippen LogP contribution in [0.3, 0.4) is 0 Å². The van der Waals surface area contributed by atoms with Gasteiger partial charge in [0.25, 0.3) is 0 Å². The second-order valence-corrected chi connectivity index (χ2v) is 2.48. The summed E-state index contributed by atoms with van der Waals surface area (Å²) in [5, 5.41) is 16.9. The number of halogens is 1. The Labute approximate surface area is 75.6 Å². The maximum atomic E-state index is 13.1. The summed E-state index contributed by atoms with van der Waals surface area (Å²) in [4.78, 5) is 0. The number of aliphatic hydroxyl groups excluding tert-OH is 1. The molecule has 0 atom stereocenters. The second-order valence-electron chi connectivity index (χ2n) is 2.48. The van der Waals surface area contributed by atoms with Gasteiger partial charge in [-0.25, -0.2) is 4.39 Å². The summed E-state index contributed by atoms with van der Waals surface area (Å²) in [5.74, 6) is -0.432. The first-order chi connectivity index (χ1) is 6.27. The third-order valence-electron chi connectivity index (χ3n) is 1.58. The molecule has 0 unspecified atom stereocenters. The lowest BCUT2D eigenvalue weighted by molar-refractivity contribution is 0.281. The second kappa shape index (κ2) is 4.39. The first-order valence-electron chi connectivity index (χ1n) is 3.73. The van der Waals surface area contributed by atoms with E-state index in [4.69, 9.17) is 10.4 Å². The Hall–Kier alpha value is -1.66. The molecule has 0 aliphatic rings. The van der Waals surface area contributed by atoms with Crippen molar-refractivity contribution in [2.24, 2.45) is 0 Å². The van der Waals surface area contributed by atoms with Crippen LogP contribution in [-0.4, -0.2) is 5.11 Å². The smallest absolute Gasteiger partial charge is 0.130 e. The van der Waals surface area contributed by atoms with Crippen LogP contribution in [0.5, 0.6) is 0 Å². The van der Waals surface area contributed by atoms with Gasteiger partial charge in [-0.2, -0.15) is 5.26 Å². The van der Waals surface area contributed by atoms with Gasteiger partial charge < -0.3 is 5.11 Å². The van der Waals surface area contributed by atoms with E-state index < -0.39 is 5.82 Å². The van der Waals surface area contributed by atoms with Gasteiger partial charge in [-0.15, -0.1) is 0 Å². The Balaban J connectivity index is 3.00. The predicted molar refractivity (Wildman–Crippen MR) is 47.0 cm³/mol. The molecule has 13 heavy (non-hydrogen) atoms. The first-order valence-corrected chi connectivity index (χ1v) is 3.73. The lowest BCUT2D eigenvalue weighted by Gasteiger charge is -1.98. The number of nitriles is 1. The molecule has 66 valence electrons. The van der Waals surface area contributed by atoms with Crippen LogP contribution in [-0.2, 0) is 6.61 Å². The Morgan fingerprint density at radius 1 is 1.54 bits per heavy atom. The minimum absolute atomic E-state index is 0.181. The van der Waals surface area contributed by atoms with Crippen molar-refractivity contribution in [3.8, 4) is 6.07 Å². The monoisotopic (exact) mass is 177 g/mol. The van der Waals surface area contributed by atoms with E-state index in [0.717, 1.165) is 0 Å². The van der Waals surface area contributed by atoms with Gasteiger partial charge in [0.05, 0.1) is 12.7 Å². The maximum Gasteiger partial charge on any atom is 0.130 e. The number of allylic oxidation sites excluding steroid dienone is 1. The normalized spacial score (nSPS) is 10.2. The van der Waals surface area contributed by atoms with Crippen LogP contribution in [0.2, 0.25) is 0 Å². The molecule has 1 N–H and O–H groups in total. The Morgan fingerprint density at radius 2 is 2.31 bits per heavy atom. The summed E-state index contributed by atoms with van der Waals surface area (Å²) in [5.41, 5.74) is 0.866. The van der Waals surface area contributed by atoms with E-state index in [0.29, 0.717) is 11.1 Å². The molecule has 0 radical (unpaired) electrons. The van der Waals surface area contributed by atoms with Gasteiger partial charge >= 0.3 is 0 Å². The molecular weight excluding hydrogens is 169 g/mol. The minimum atomic E-state index is -0.432. The molecule has 2 nitrogen and oxygen atoms in total. The largest absolute Gasteiger partial charge is 0.392 e. The lowest BCUT2D eigenvalue weighted by Crippen LogP contribution is -1.87. The molecule has 0 spiro atoms. The number of hydrogen-bond acceptors (Lipinski definition) is 2. The van der Waals surface area contributed by atoms with E-state index in [2.05, 4.69) is 0 Å². The summed E-state index contributed by atoms with van der Waals surface area (Å²) in [6.45, 7) is -0.181. The molecule has 1 aromatic rings. The minimum Gasteiger partial charge on any atom is -0.392 e. The van der Waals surface area contributed by atoms with Gasteiger partial charge in [0, 0.05) is 11.6 Å². The molecule has 0 heterocycles. The predicted octanol–water partition coefficient (Wildman–Crippen LogP) is 1.85. The van der Waals surface area contributed by atoms with Gasteiger partial charge in [0.2, 0.25) is 0 Å². The molecular formula is C10H8FNO. The molecule has 0 aliphatic carbocycles. The van der Waals surface area contributed by atoms with Crippen molar-refractivity contribution in [3.63, 3.8) is 0 Å². The van der Waals surface area contributed by atoms with Crippen LogP contribution >= 0.6 is 0 Å². The molecule has 1 aromatic carbocycles. The van der Waals surface area contributed by atoms with Crippen molar-refractivity contribution in [2.75, 3.05) is 0 Å². The topological polar surface area (TPSA) is 44.0 Å². The maximum absolute atomic E-state index is 13.1. The summed E-state index contributed by atoms with van der Waals surface area (Å²) < 4.78 is 13.1. The fourth-order valence-corrected chi connectivity index (χ4v) is 0.931. The van der Waals surface area contributed by atoms with Crippen LogP contribution < -0.4 is 0 Å². The molecule has 3 heteroatoms. The highest BCUT2D eigenvalue weighted by Crippen LogP contribution is 2.11. The van der Waals surface area contributed by atoms with Crippen molar-refractivity contribution < 1.29 is 9.50 Å². The zero-order chi connectivity index (χ0) is 9.68. The fourth-order valence-electron chi connectivity index (χ4n) is 0.931. The standard InChI is InChI=1S/C10H8FNO/c11-10-6-8(7-13)3-4-9(10)2-1-5-12/h1-4,6,13H,7H2. The molecule has 1 rings (SSSR count). The number of nitrogens with zero attached hydrogens (tertiary/aromatic N) is 1. The van der Waals surface area contributed by atoms with Crippen molar-refractivity contribution >= 4 is 6.08 Å². The molecule has 0 aliphatic heterocycles. The van der Waals surface area contributed by atoms with Gasteiger partial charge in [0.1, 0.15) is 5.82 Å². The van der Waals surface area contributed by atoms with Crippen LogP contribution in [0.1, 0.15) is 11.1 Å². The number of hydrogen-bond donors (Lipinski definition) is 1. The van der Waals surface area contributed by atoms with Crippen LogP contribution in [0.15, 0.2) is 24.3 Å². The molecule has 0 fully saturated rings. The third kappa shape index (κ3) is 2.39. The Kier molecular flexibility index (Phi) is 3.18. The summed E-state index contributed by atoms with van der Waals surface area (Å²) in [7, 11) is 0. The van der Waals surface area contributed by atoms with Crippen molar-refractivity contribution in [2.45, 2.75) is 6.61 Å². The van der Waals surface area contributed by atoms with E-state index in [-0.39, 0.29) is 6.61 Å².